The Morgan fingerprint density at radius 2 is 1.96 bits per heavy atom. The van der Waals surface area contributed by atoms with Crippen LogP contribution in [0.1, 0.15) is 16.8 Å². The molecular weight excluding hydrogens is 332 g/mol. The van der Waals surface area contributed by atoms with Crippen LogP contribution in [0, 0.1) is 0 Å². The molecule has 1 aromatic carbocycles. The zero-order valence-electron chi connectivity index (χ0n) is 13.9. The van der Waals surface area contributed by atoms with Crippen molar-refractivity contribution in [2.75, 3.05) is 53.0 Å². The second-order valence-electron chi connectivity index (χ2n) is 5.55. The van der Waals surface area contributed by atoms with Crippen molar-refractivity contribution in [3.8, 4) is 0 Å². The van der Waals surface area contributed by atoms with E-state index < -0.39 is 0 Å². The summed E-state index contributed by atoms with van der Waals surface area (Å²) in [5.74, 6) is -0.504. The van der Waals surface area contributed by atoms with E-state index in [9.17, 15) is 9.59 Å². The first kappa shape index (κ1) is 18.7. The number of morpholine rings is 1. The number of hydrogen-bond donors (Lipinski definition) is 0. The van der Waals surface area contributed by atoms with Crippen LogP contribution in [0.5, 0.6) is 0 Å². The van der Waals surface area contributed by atoms with Gasteiger partial charge in [0.25, 0.3) is 5.91 Å². The predicted molar refractivity (Wildman–Crippen MR) is 91.2 cm³/mol. The van der Waals surface area contributed by atoms with Crippen molar-refractivity contribution in [1.29, 1.82) is 0 Å². The molecule has 0 atom stereocenters. The molecule has 2 rings (SSSR count). The van der Waals surface area contributed by atoms with E-state index in [4.69, 9.17) is 16.3 Å². The molecule has 132 valence electrons. The molecule has 0 saturated carbocycles. The van der Waals surface area contributed by atoms with Crippen LogP contribution in [0.25, 0.3) is 0 Å². The molecule has 1 aliphatic rings. The van der Waals surface area contributed by atoms with Gasteiger partial charge in [0.05, 0.1) is 37.3 Å². The highest BCUT2D eigenvalue weighted by Crippen LogP contribution is 2.17. The zero-order chi connectivity index (χ0) is 17.4. The summed E-state index contributed by atoms with van der Waals surface area (Å²) < 4.78 is 10.0. The number of carbonyl (C=O) groups excluding carboxylic acids is 2. The van der Waals surface area contributed by atoms with Gasteiger partial charge in [-0.1, -0.05) is 23.7 Å². The minimum Gasteiger partial charge on any atom is -0.469 e. The van der Waals surface area contributed by atoms with Crippen molar-refractivity contribution in [1.82, 2.24) is 9.80 Å². The quantitative estimate of drug-likeness (QED) is 0.697. The molecule has 24 heavy (non-hydrogen) atoms. The second kappa shape index (κ2) is 9.61. The summed E-state index contributed by atoms with van der Waals surface area (Å²) in [6, 6.07) is 6.95. The number of carbonyl (C=O) groups is 2. The molecule has 1 amide bonds. The van der Waals surface area contributed by atoms with Gasteiger partial charge in [-0.05, 0) is 12.1 Å². The smallest absolute Gasteiger partial charge is 0.307 e. The maximum atomic E-state index is 12.8. The first-order valence-corrected chi connectivity index (χ1v) is 8.40. The standard InChI is InChI=1S/C17H23ClN2O4/c1-23-16(21)6-7-20(9-8-19-10-12-24-13-11-19)17(22)14-4-2-3-5-15(14)18/h2-5H,6-13H2,1H3. The zero-order valence-corrected chi connectivity index (χ0v) is 14.6. The summed E-state index contributed by atoms with van der Waals surface area (Å²) in [7, 11) is 1.34. The largest absolute Gasteiger partial charge is 0.469 e. The average Bonchev–Trinajstić information content (AvgIpc) is 2.62. The Morgan fingerprint density at radius 1 is 1.25 bits per heavy atom. The second-order valence-corrected chi connectivity index (χ2v) is 5.96. The van der Waals surface area contributed by atoms with Gasteiger partial charge < -0.3 is 14.4 Å². The number of methoxy groups -OCH3 is 1. The van der Waals surface area contributed by atoms with Gasteiger partial charge in [0.1, 0.15) is 0 Å². The third-order valence-electron chi connectivity index (χ3n) is 3.99. The Kier molecular flexibility index (Phi) is 7.49. The van der Waals surface area contributed by atoms with Crippen molar-refractivity contribution < 1.29 is 19.1 Å². The number of esters is 1. The molecule has 7 heteroatoms. The first-order chi connectivity index (χ1) is 11.6. The fourth-order valence-electron chi connectivity index (χ4n) is 2.54. The van der Waals surface area contributed by atoms with E-state index in [1.165, 1.54) is 7.11 Å². The van der Waals surface area contributed by atoms with Crippen molar-refractivity contribution >= 4 is 23.5 Å². The third kappa shape index (κ3) is 5.47. The maximum absolute atomic E-state index is 12.8. The molecule has 0 bridgehead atoms. The summed E-state index contributed by atoms with van der Waals surface area (Å²) in [6.07, 6.45) is 0.163. The Labute approximate surface area is 147 Å². The summed E-state index contributed by atoms with van der Waals surface area (Å²) in [5, 5.41) is 0.414. The number of hydrogen-bond acceptors (Lipinski definition) is 5. The van der Waals surface area contributed by atoms with Gasteiger partial charge in [0.2, 0.25) is 0 Å². The van der Waals surface area contributed by atoms with Crippen LogP contribution in [0.4, 0.5) is 0 Å². The topological polar surface area (TPSA) is 59.1 Å². The Hall–Kier alpha value is -1.63. The van der Waals surface area contributed by atoms with E-state index in [1.54, 1.807) is 29.2 Å². The van der Waals surface area contributed by atoms with E-state index in [-0.39, 0.29) is 18.3 Å². The molecule has 0 radical (unpaired) electrons. The molecule has 1 saturated heterocycles. The summed E-state index contributed by atoms with van der Waals surface area (Å²) in [5.41, 5.74) is 0.450. The predicted octanol–water partition coefficient (Wildman–Crippen LogP) is 1.68. The molecule has 1 aromatic rings. The van der Waals surface area contributed by atoms with Crippen LogP contribution in [0.2, 0.25) is 5.02 Å². The lowest BCUT2D eigenvalue weighted by Gasteiger charge is -2.30. The van der Waals surface area contributed by atoms with E-state index in [1.807, 2.05) is 0 Å². The number of halogens is 1. The lowest BCUT2D eigenvalue weighted by Crippen LogP contribution is -2.43. The van der Waals surface area contributed by atoms with Gasteiger partial charge in [-0.15, -0.1) is 0 Å². The fraction of sp³-hybridized carbons (Fsp3) is 0.529. The molecule has 1 aliphatic heterocycles. The van der Waals surface area contributed by atoms with E-state index >= 15 is 0 Å². The van der Waals surface area contributed by atoms with E-state index in [0.29, 0.717) is 36.9 Å². The van der Waals surface area contributed by atoms with Crippen LogP contribution in [-0.2, 0) is 14.3 Å². The fourth-order valence-corrected chi connectivity index (χ4v) is 2.75. The minimum atomic E-state index is -0.335. The van der Waals surface area contributed by atoms with Gasteiger partial charge in [-0.3, -0.25) is 14.5 Å². The van der Waals surface area contributed by atoms with Crippen molar-refractivity contribution in [3.05, 3.63) is 34.9 Å². The van der Waals surface area contributed by atoms with Gasteiger partial charge in [-0.25, -0.2) is 0 Å². The van der Waals surface area contributed by atoms with E-state index in [2.05, 4.69) is 9.64 Å². The average molecular weight is 355 g/mol. The van der Waals surface area contributed by atoms with Crippen LogP contribution >= 0.6 is 11.6 Å². The lowest BCUT2D eigenvalue weighted by molar-refractivity contribution is -0.140. The Morgan fingerprint density at radius 3 is 2.62 bits per heavy atom. The van der Waals surface area contributed by atoms with Crippen LogP contribution in [0.15, 0.2) is 24.3 Å². The number of ether oxygens (including phenoxy) is 2. The Balaban J connectivity index is 2.02. The van der Waals surface area contributed by atoms with Crippen molar-refractivity contribution in [2.24, 2.45) is 0 Å². The first-order valence-electron chi connectivity index (χ1n) is 8.02. The van der Waals surface area contributed by atoms with Crippen LogP contribution in [0.3, 0.4) is 0 Å². The highest BCUT2D eigenvalue weighted by atomic mass is 35.5. The maximum Gasteiger partial charge on any atom is 0.307 e. The number of nitrogens with zero attached hydrogens (tertiary/aromatic N) is 2. The molecule has 0 spiro atoms. The monoisotopic (exact) mass is 354 g/mol. The van der Waals surface area contributed by atoms with Gasteiger partial charge >= 0.3 is 5.97 Å². The molecule has 0 N–H and O–H groups in total. The van der Waals surface area contributed by atoms with Crippen molar-refractivity contribution in [2.45, 2.75) is 6.42 Å². The molecule has 0 aliphatic carbocycles. The Bertz CT molecular complexity index is 561. The van der Waals surface area contributed by atoms with Gasteiger partial charge in [-0.2, -0.15) is 0 Å². The summed E-state index contributed by atoms with van der Waals surface area (Å²) in [6.45, 7) is 4.69. The third-order valence-corrected chi connectivity index (χ3v) is 4.32. The van der Waals surface area contributed by atoms with Crippen LogP contribution in [-0.4, -0.2) is 74.7 Å². The highest BCUT2D eigenvalue weighted by Gasteiger charge is 2.20. The summed E-state index contributed by atoms with van der Waals surface area (Å²) in [4.78, 5) is 28.1. The van der Waals surface area contributed by atoms with E-state index in [0.717, 1.165) is 19.6 Å². The minimum absolute atomic E-state index is 0.163. The molecule has 0 unspecified atom stereocenters. The molecular formula is C17H23ClN2O4. The SMILES string of the molecule is COC(=O)CCN(CCN1CCOCC1)C(=O)c1ccccc1Cl. The molecule has 1 heterocycles. The van der Waals surface area contributed by atoms with Gasteiger partial charge in [0, 0.05) is 32.7 Å². The van der Waals surface area contributed by atoms with Crippen LogP contribution < -0.4 is 0 Å². The number of benzene rings is 1. The molecule has 6 nitrogen and oxygen atoms in total. The highest BCUT2D eigenvalue weighted by molar-refractivity contribution is 6.33. The normalized spacial score (nSPS) is 15.1. The molecule has 1 fully saturated rings. The summed E-state index contributed by atoms with van der Waals surface area (Å²) >= 11 is 6.14. The lowest BCUT2D eigenvalue weighted by atomic mass is 10.2. The van der Waals surface area contributed by atoms with Gasteiger partial charge in [0.15, 0.2) is 0 Å². The number of amides is 1. The molecule has 0 aromatic heterocycles. The van der Waals surface area contributed by atoms with Crippen molar-refractivity contribution in [3.63, 3.8) is 0 Å². The number of rotatable bonds is 7.